The molecular formula is C7H5Cl3O. The number of hydrogen-bond acceptors (Lipinski definition) is 1. The summed E-state index contributed by atoms with van der Waals surface area (Å²) in [5, 5.41) is -0.541. The minimum atomic E-state index is -0.579. The van der Waals surface area contributed by atoms with Crippen LogP contribution in [0.5, 0.6) is 0 Å². The van der Waals surface area contributed by atoms with Crippen molar-refractivity contribution in [3.05, 3.63) is 23.3 Å². The molecule has 0 fully saturated rings. The maximum absolute atomic E-state index is 10.7. The largest absolute Gasteiger partial charge is 0.281 e. The van der Waals surface area contributed by atoms with Gasteiger partial charge in [-0.15, -0.1) is 11.6 Å². The van der Waals surface area contributed by atoms with Crippen molar-refractivity contribution in [3.8, 4) is 0 Å². The molecule has 0 aromatic heterocycles. The van der Waals surface area contributed by atoms with Crippen LogP contribution >= 0.6 is 34.8 Å². The summed E-state index contributed by atoms with van der Waals surface area (Å²) in [6, 6.07) is 0. The molecule has 1 aliphatic rings. The molecule has 0 aromatic rings. The Morgan fingerprint density at radius 2 is 2.18 bits per heavy atom. The van der Waals surface area contributed by atoms with E-state index in [-0.39, 0.29) is 0 Å². The average Bonchev–Trinajstić information content (AvgIpc) is 1.85. The highest BCUT2D eigenvalue weighted by molar-refractivity contribution is 6.65. The van der Waals surface area contributed by atoms with Gasteiger partial charge in [0, 0.05) is 5.03 Å². The summed E-state index contributed by atoms with van der Waals surface area (Å²) in [5.74, 6) is -0.579. The minimum absolute atomic E-state index is 0.396. The summed E-state index contributed by atoms with van der Waals surface area (Å²) >= 11 is 16.7. The molecule has 0 N–H and O–H groups in total. The highest BCUT2D eigenvalue weighted by atomic mass is 35.5. The number of hydrogen-bond donors (Lipinski definition) is 0. The third-order valence-corrected chi connectivity index (χ3v) is 2.40. The third kappa shape index (κ3) is 1.98. The lowest BCUT2D eigenvalue weighted by Crippen LogP contribution is -2.21. The molecule has 0 aromatic carbocycles. The van der Waals surface area contributed by atoms with Crippen molar-refractivity contribution in [2.45, 2.75) is 5.38 Å². The molecule has 2 unspecified atom stereocenters. The van der Waals surface area contributed by atoms with Gasteiger partial charge in [0.05, 0.1) is 11.3 Å². The molecule has 4 heteroatoms. The number of carbonyl (C=O) groups is 1. The van der Waals surface area contributed by atoms with Crippen LogP contribution in [0.4, 0.5) is 0 Å². The van der Waals surface area contributed by atoms with Crippen molar-refractivity contribution in [1.29, 1.82) is 0 Å². The molecule has 0 heterocycles. The first-order valence-electron chi connectivity index (χ1n) is 3.00. The Bertz CT molecular complexity index is 232. The first-order chi connectivity index (χ1) is 5.13. The van der Waals surface area contributed by atoms with E-state index in [9.17, 15) is 4.79 Å². The molecule has 0 bridgehead atoms. The number of alkyl halides is 1. The number of carbonyl (C=O) groups excluding carboxylic acids is 1. The predicted molar refractivity (Wildman–Crippen MR) is 47.1 cm³/mol. The van der Waals surface area contributed by atoms with Crippen molar-refractivity contribution in [2.24, 2.45) is 5.92 Å². The molecule has 1 aliphatic carbocycles. The second-order valence-electron chi connectivity index (χ2n) is 2.16. The van der Waals surface area contributed by atoms with Crippen LogP contribution in [0.1, 0.15) is 0 Å². The minimum Gasteiger partial charge on any atom is -0.281 e. The van der Waals surface area contributed by atoms with E-state index in [2.05, 4.69) is 0 Å². The monoisotopic (exact) mass is 210 g/mol. The van der Waals surface area contributed by atoms with Crippen molar-refractivity contribution < 1.29 is 4.79 Å². The normalized spacial score (nSPS) is 29.9. The van der Waals surface area contributed by atoms with Crippen molar-refractivity contribution >= 4 is 40.0 Å². The van der Waals surface area contributed by atoms with Gasteiger partial charge in [-0.3, -0.25) is 4.79 Å². The maximum atomic E-state index is 10.7. The van der Waals surface area contributed by atoms with E-state index in [0.717, 1.165) is 0 Å². The molecule has 0 radical (unpaired) electrons. The topological polar surface area (TPSA) is 17.1 Å². The summed E-state index contributed by atoms with van der Waals surface area (Å²) in [6.45, 7) is 0. The zero-order valence-electron chi connectivity index (χ0n) is 5.43. The van der Waals surface area contributed by atoms with Crippen LogP contribution in [-0.2, 0) is 4.79 Å². The fourth-order valence-corrected chi connectivity index (χ4v) is 1.93. The van der Waals surface area contributed by atoms with Gasteiger partial charge in [-0.1, -0.05) is 23.8 Å². The standard InChI is InChI=1S/C7H5Cl3O/c8-4-2-1-3-5(9)6(4)7(10)11/h1-4,6H. The van der Waals surface area contributed by atoms with Gasteiger partial charge in [-0.25, -0.2) is 0 Å². The second-order valence-corrected chi connectivity index (χ2v) is 3.48. The summed E-state index contributed by atoms with van der Waals surface area (Å²) < 4.78 is 0. The van der Waals surface area contributed by atoms with E-state index in [0.29, 0.717) is 5.03 Å². The van der Waals surface area contributed by atoms with Crippen LogP contribution < -0.4 is 0 Å². The molecular weight excluding hydrogens is 206 g/mol. The maximum Gasteiger partial charge on any atom is 0.231 e. The molecule has 1 nitrogen and oxygen atoms in total. The molecule has 0 saturated carbocycles. The van der Waals surface area contributed by atoms with E-state index in [4.69, 9.17) is 34.8 Å². The SMILES string of the molecule is O=C(Cl)C1C(Cl)=CC=CC1Cl. The Labute approximate surface area is 79.6 Å². The highest BCUT2D eigenvalue weighted by Gasteiger charge is 2.28. The van der Waals surface area contributed by atoms with Gasteiger partial charge < -0.3 is 0 Å². The van der Waals surface area contributed by atoms with Gasteiger partial charge in [0.25, 0.3) is 0 Å². The summed E-state index contributed by atoms with van der Waals surface area (Å²) in [4.78, 5) is 10.7. The van der Waals surface area contributed by atoms with Gasteiger partial charge in [-0.2, -0.15) is 0 Å². The summed E-state index contributed by atoms with van der Waals surface area (Å²) in [5.41, 5.74) is 0. The zero-order chi connectivity index (χ0) is 8.43. The van der Waals surface area contributed by atoms with Gasteiger partial charge in [0.2, 0.25) is 5.24 Å². The van der Waals surface area contributed by atoms with E-state index in [1.807, 2.05) is 0 Å². The van der Waals surface area contributed by atoms with E-state index in [1.54, 1.807) is 18.2 Å². The van der Waals surface area contributed by atoms with Crippen LogP contribution in [0.15, 0.2) is 23.3 Å². The van der Waals surface area contributed by atoms with Crippen LogP contribution in [0, 0.1) is 5.92 Å². The van der Waals surface area contributed by atoms with Gasteiger partial charge >= 0.3 is 0 Å². The van der Waals surface area contributed by atoms with Crippen molar-refractivity contribution in [1.82, 2.24) is 0 Å². The van der Waals surface area contributed by atoms with Gasteiger partial charge in [-0.05, 0) is 17.7 Å². The fraction of sp³-hybridized carbons (Fsp3) is 0.286. The predicted octanol–water partition coefficient (Wildman–Crippen LogP) is 2.67. The van der Waals surface area contributed by atoms with Gasteiger partial charge in [0.15, 0.2) is 0 Å². The smallest absolute Gasteiger partial charge is 0.231 e. The Kier molecular flexibility index (Phi) is 2.99. The molecule has 0 spiro atoms. The van der Waals surface area contributed by atoms with Crippen LogP contribution in [-0.4, -0.2) is 10.6 Å². The first kappa shape index (κ1) is 9.11. The Morgan fingerprint density at radius 3 is 2.55 bits per heavy atom. The Balaban J connectivity index is 2.86. The Morgan fingerprint density at radius 1 is 1.55 bits per heavy atom. The number of halogens is 3. The summed E-state index contributed by atoms with van der Waals surface area (Å²) in [7, 11) is 0. The molecule has 11 heavy (non-hydrogen) atoms. The molecule has 0 aliphatic heterocycles. The molecule has 1 rings (SSSR count). The highest BCUT2D eigenvalue weighted by Crippen LogP contribution is 2.29. The number of rotatable bonds is 1. The molecule has 0 amide bonds. The number of allylic oxidation sites excluding steroid dienone is 4. The van der Waals surface area contributed by atoms with Gasteiger partial charge in [0.1, 0.15) is 0 Å². The lowest BCUT2D eigenvalue weighted by molar-refractivity contribution is -0.113. The van der Waals surface area contributed by atoms with Crippen LogP contribution in [0.25, 0.3) is 0 Å². The first-order valence-corrected chi connectivity index (χ1v) is 4.19. The lowest BCUT2D eigenvalue weighted by atomic mass is 10.0. The fourth-order valence-electron chi connectivity index (χ4n) is 0.854. The third-order valence-electron chi connectivity index (χ3n) is 1.41. The van der Waals surface area contributed by atoms with E-state index >= 15 is 0 Å². The molecule has 0 saturated heterocycles. The molecule has 2 atom stereocenters. The lowest BCUT2D eigenvalue weighted by Gasteiger charge is -2.17. The van der Waals surface area contributed by atoms with Crippen LogP contribution in [0.2, 0.25) is 0 Å². The van der Waals surface area contributed by atoms with E-state index in [1.165, 1.54) is 0 Å². The van der Waals surface area contributed by atoms with E-state index < -0.39 is 16.5 Å². The average molecular weight is 211 g/mol. The summed E-state index contributed by atoms with van der Waals surface area (Å²) in [6.07, 6.45) is 5.00. The Hall–Kier alpha value is 0.0200. The van der Waals surface area contributed by atoms with Crippen molar-refractivity contribution in [3.63, 3.8) is 0 Å². The quantitative estimate of drug-likeness (QED) is 0.481. The van der Waals surface area contributed by atoms with Crippen molar-refractivity contribution in [2.75, 3.05) is 0 Å². The second kappa shape index (κ2) is 3.61. The van der Waals surface area contributed by atoms with Crippen LogP contribution in [0.3, 0.4) is 0 Å². The molecule has 60 valence electrons. The zero-order valence-corrected chi connectivity index (χ0v) is 7.70.